The molecule has 0 aliphatic carbocycles. The van der Waals surface area contributed by atoms with Crippen molar-refractivity contribution in [1.29, 1.82) is 0 Å². The van der Waals surface area contributed by atoms with Crippen LogP contribution in [0.2, 0.25) is 10.0 Å². The average molecular weight is 298 g/mol. The van der Waals surface area contributed by atoms with Gasteiger partial charge >= 0.3 is 0 Å². The van der Waals surface area contributed by atoms with Crippen molar-refractivity contribution < 1.29 is 0 Å². The SMILES string of the molecule is CNc1cc(Nc2cc(Cl)c(C)cc2Cl)nc(N)n1. The van der Waals surface area contributed by atoms with E-state index in [9.17, 15) is 0 Å². The highest BCUT2D eigenvalue weighted by molar-refractivity contribution is 6.35. The first-order valence-corrected chi connectivity index (χ1v) is 6.30. The van der Waals surface area contributed by atoms with E-state index in [-0.39, 0.29) is 5.95 Å². The summed E-state index contributed by atoms with van der Waals surface area (Å²) < 4.78 is 0. The normalized spacial score (nSPS) is 10.3. The molecule has 2 rings (SSSR count). The van der Waals surface area contributed by atoms with Crippen LogP contribution in [-0.2, 0) is 0 Å². The maximum absolute atomic E-state index is 6.15. The van der Waals surface area contributed by atoms with E-state index >= 15 is 0 Å². The third kappa shape index (κ3) is 3.19. The number of nitrogens with zero attached hydrogens (tertiary/aromatic N) is 2. The summed E-state index contributed by atoms with van der Waals surface area (Å²) in [4.78, 5) is 8.09. The molecule has 0 aliphatic rings. The Labute approximate surface area is 121 Å². The standard InChI is InChI=1S/C12H13Cl2N5/c1-6-3-8(14)9(4-7(6)13)17-11-5-10(16-2)18-12(15)19-11/h3-5H,1-2H3,(H4,15,16,17,18,19). The average Bonchev–Trinajstić information content (AvgIpc) is 2.35. The molecule has 1 aromatic carbocycles. The third-order valence-corrected chi connectivity index (χ3v) is 3.23. The topological polar surface area (TPSA) is 75.9 Å². The van der Waals surface area contributed by atoms with E-state index in [2.05, 4.69) is 20.6 Å². The minimum Gasteiger partial charge on any atom is -0.373 e. The first kappa shape index (κ1) is 13.7. The molecule has 0 radical (unpaired) electrons. The highest BCUT2D eigenvalue weighted by Crippen LogP contribution is 2.31. The van der Waals surface area contributed by atoms with Gasteiger partial charge < -0.3 is 16.4 Å². The lowest BCUT2D eigenvalue weighted by atomic mass is 10.2. The summed E-state index contributed by atoms with van der Waals surface area (Å²) in [7, 11) is 1.75. The fraction of sp³-hybridized carbons (Fsp3) is 0.167. The molecule has 1 aromatic heterocycles. The fourth-order valence-electron chi connectivity index (χ4n) is 1.54. The van der Waals surface area contributed by atoms with E-state index in [4.69, 9.17) is 28.9 Å². The van der Waals surface area contributed by atoms with E-state index in [0.717, 1.165) is 5.56 Å². The molecule has 0 fully saturated rings. The van der Waals surface area contributed by atoms with Crippen LogP contribution in [0.15, 0.2) is 18.2 Å². The quantitative estimate of drug-likeness (QED) is 0.809. The van der Waals surface area contributed by atoms with Crippen LogP contribution in [0.1, 0.15) is 5.56 Å². The largest absolute Gasteiger partial charge is 0.373 e. The van der Waals surface area contributed by atoms with Crippen LogP contribution < -0.4 is 16.4 Å². The first-order chi connectivity index (χ1) is 8.99. The van der Waals surface area contributed by atoms with Gasteiger partial charge in [-0.05, 0) is 24.6 Å². The maximum Gasteiger partial charge on any atom is 0.223 e. The van der Waals surface area contributed by atoms with Crippen molar-refractivity contribution in [1.82, 2.24) is 9.97 Å². The molecule has 0 bridgehead atoms. The van der Waals surface area contributed by atoms with Crippen molar-refractivity contribution in [2.45, 2.75) is 6.92 Å². The molecule has 0 saturated heterocycles. The number of rotatable bonds is 3. The van der Waals surface area contributed by atoms with E-state index in [1.54, 1.807) is 25.2 Å². The molecule has 0 atom stereocenters. The number of hydrogen-bond acceptors (Lipinski definition) is 5. The van der Waals surface area contributed by atoms with Crippen LogP contribution in [0.5, 0.6) is 0 Å². The molecular formula is C12H13Cl2N5. The number of nitrogens with two attached hydrogens (primary N) is 1. The van der Waals surface area contributed by atoms with Crippen molar-refractivity contribution >= 4 is 46.5 Å². The van der Waals surface area contributed by atoms with Crippen LogP contribution in [0.3, 0.4) is 0 Å². The van der Waals surface area contributed by atoms with Gasteiger partial charge in [-0.25, -0.2) is 0 Å². The van der Waals surface area contributed by atoms with Crippen molar-refractivity contribution in [3.63, 3.8) is 0 Å². The van der Waals surface area contributed by atoms with Gasteiger partial charge in [0.25, 0.3) is 0 Å². The predicted octanol–water partition coefficient (Wildman–Crippen LogP) is 3.46. The second kappa shape index (κ2) is 5.50. The summed E-state index contributed by atoms with van der Waals surface area (Å²) in [6, 6.07) is 5.26. The van der Waals surface area contributed by atoms with Gasteiger partial charge in [-0.2, -0.15) is 9.97 Å². The van der Waals surface area contributed by atoms with Crippen LogP contribution in [0.4, 0.5) is 23.3 Å². The Balaban J connectivity index is 2.36. The lowest BCUT2D eigenvalue weighted by molar-refractivity contribution is 1.17. The summed E-state index contributed by atoms with van der Waals surface area (Å²) in [5.41, 5.74) is 7.20. The van der Waals surface area contributed by atoms with Gasteiger partial charge in [-0.15, -0.1) is 0 Å². The molecule has 0 saturated carbocycles. The van der Waals surface area contributed by atoms with Gasteiger partial charge in [0.2, 0.25) is 5.95 Å². The molecule has 0 amide bonds. The number of nitrogens with one attached hydrogen (secondary N) is 2. The van der Waals surface area contributed by atoms with Crippen molar-refractivity contribution in [3.05, 3.63) is 33.8 Å². The number of anilines is 4. The lowest BCUT2D eigenvalue weighted by Crippen LogP contribution is -2.03. The van der Waals surface area contributed by atoms with E-state index in [1.165, 1.54) is 0 Å². The molecule has 0 unspecified atom stereocenters. The van der Waals surface area contributed by atoms with Gasteiger partial charge in [0.15, 0.2) is 0 Å². The molecule has 100 valence electrons. The zero-order chi connectivity index (χ0) is 14.0. The van der Waals surface area contributed by atoms with Gasteiger partial charge in [0.1, 0.15) is 11.6 Å². The highest BCUT2D eigenvalue weighted by atomic mass is 35.5. The monoisotopic (exact) mass is 297 g/mol. The van der Waals surface area contributed by atoms with Gasteiger partial charge in [-0.1, -0.05) is 23.2 Å². The smallest absolute Gasteiger partial charge is 0.223 e. The first-order valence-electron chi connectivity index (χ1n) is 5.54. The molecule has 0 spiro atoms. The number of hydrogen-bond donors (Lipinski definition) is 3. The van der Waals surface area contributed by atoms with Gasteiger partial charge in [-0.3, -0.25) is 0 Å². The Morgan fingerprint density at radius 3 is 2.42 bits per heavy atom. The van der Waals surface area contributed by atoms with E-state index in [0.29, 0.717) is 27.4 Å². The molecule has 2 aromatic rings. The molecule has 5 nitrogen and oxygen atoms in total. The molecular weight excluding hydrogens is 285 g/mol. The molecule has 0 aliphatic heterocycles. The number of halogens is 2. The van der Waals surface area contributed by atoms with Gasteiger partial charge in [0, 0.05) is 18.1 Å². The molecule has 4 N–H and O–H groups in total. The highest BCUT2D eigenvalue weighted by Gasteiger charge is 2.07. The second-order valence-corrected chi connectivity index (χ2v) is 4.77. The summed E-state index contributed by atoms with van der Waals surface area (Å²) in [6.45, 7) is 1.89. The van der Waals surface area contributed by atoms with Crippen LogP contribution in [-0.4, -0.2) is 17.0 Å². The second-order valence-electron chi connectivity index (χ2n) is 3.95. The summed E-state index contributed by atoms with van der Waals surface area (Å²) >= 11 is 12.2. The van der Waals surface area contributed by atoms with E-state index < -0.39 is 0 Å². The minimum absolute atomic E-state index is 0.170. The number of aromatic nitrogens is 2. The summed E-state index contributed by atoms with van der Waals surface area (Å²) in [6.07, 6.45) is 0. The third-order valence-electron chi connectivity index (χ3n) is 2.51. The predicted molar refractivity (Wildman–Crippen MR) is 80.5 cm³/mol. The van der Waals surface area contributed by atoms with Crippen LogP contribution in [0.25, 0.3) is 0 Å². The summed E-state index contributed by atoms with van der Waals surface area (Å²) in [5.74, 6) is 1.33. The van der Waals surface area contributed by atoms with Crippen LogP contribution in [0, 0.1) is 6.92 Å². The van der Waals surface area contributed by atoms with Crippen molar-refractivity contribution in [2.24, 2.45) is 0 Å². The zero-order valence-electron chi connectivity index (χ0n) is 10.5. The number of aryl methyl sites for hydroxylation is 1. The van der Waals surface area contributed by atoms with E-state index in [1.807, 2.05) is 6.92 Å². The molecule has 1 heterocycles. The van der Waals surface area contributed by atoms with Crippen molar-refractivity contribution in [2.75, 3.05) is 23.4 Å². The fourth-order valence-corrected chi connectivity index (χ4v) is 1.97. The Morgan fingerprint density at radius 2 is 1.74 bits per heavy atom. The molecule has 19 heavy (non-hydrogen) atoms. The van der Waals surface area contributed by atoms with Crippen molar-refractivity contribution in [3.8, 4) is 0 Å². The lowest BCUT2D eigenvalue weighted by Gasteiger charge is -2.11. The van der Waals surface area contributed by atoms with Crippen LogP contribution >= 0.6 is 23.2 Å². The Kier molecular flexibility index (Phi) is 3.97. The number of benzene rings is 1. The Morgan fingerprint density at radius 1 is 1.05 bits per heavy atom. The zero-order valence-corrected chi connectivity index (χ0v) is 12.0. The molecule has 7 heteroatoms. The maximum atomic E-state index is 6.15. The Bertz CT molecular complexity index is 615. The number of nitrogen functional groups attached to an aromatic ring is 1. The Hall–Kier alpha value is -1.72. The summed E-state index contributed by atoms with van der Waals surface area (Å²) in [5, 5.41) is 7.16. The van der Waals surface area contributed by atoms with Gasteiger partial charge in [0.05, 0.1) is 10.7 Å². The minimum atomic E-state index is 0.170.